The average Bonchev–Trinajstić information content (AvgIpc) is 3.29. The molecule has 1 atom stereocenters. The number of hydrogen-bond acceptors (Lipinski definition) is 6. The van der Waals surface area contributed by atoms with E-state index >= 15 is 0 Å². The number of aliphatic hydroxyl groups is 1. The molecule has 0 saturated carbocycles. The van der Waals surface area contributed by atoms with E-state index in [-0.39, 0.29) is 5.70 Å². The van der Waals surface area contributed by atoms with E-state index in [2.05, 4.69) is 20.9 Å². The first-order chi connectivity index (χ1) is 18.2. The van der Waals surface area contributed by atoms with Crippen LogP contribution in [0.15, 0.2) is 58.7 Å². The molecule has 1 amide bonds. The SMILES string of the molecule is C#C/C=C\N=C(C)C(O)c1ccccc1C(C)=N/C(C(N)=O)=c1/[nH]c2ccc(N)c(C=N)c2/c1=C(/C)CC. The lowest BCUT2D eigenvalue weighted by Gasteiger charge is -2.15. The number of aromatic amines is 1. The van der Waals surface area contributed by atoms with Gasteiger partial charge in [-0.25, -0.2) is 4.99 Å². The summed E-state index contributed by atoms with van der Waals surface area (Å²) in [4.78, 5) is 25.0. The molecule has 1 heterocycles. The van der Waals surface area contributed by atoms with E-state index in [0.717, 1.165) is 16.2 Å². The van der Waals surface area contributed by atoms with Gasteiger partial charge in [-0.1, -0.05) is 42.7 Å². The minimum absolute atomic E-state index is 0.0302. The van der Waals surface area contributed by atoms with Gasteiger partial charge in [0.25, 0.3) is 5.91 Å². The molecule has 0 bridgehead atoms. The van der Waals surface area contributed by atoms with Gasteiger partial charge in [-0.15, -0.1) is 6.42 Å². The number of nitrogens with one attached hydrogen (secondary N) is 2. The summed E-state index contributed by atoms with van der Waals surface area (Å²) in [5.74, 6) is 1.63. The lowest BCUT2D eigenvalue weighted by atomic mass is 9.97. The molecule has 0 saturated heterocycles. The van der Waals surface area contributed by atoms with Crippen LogP contribution in [0.3, 0.4) is 0 Å². The van der Waals surface area contributed by atoms with Gasteiger partial charge >= 0.3 is 0 Å². The van der Waals surface area contributed by atoms with Gasteiger partial charge in [-0.2, -0.15) is 0 Å². The number of aromatic nitrogens is 1. The Balaban J connectivity index is 2.37. The highest BCUT2D eigenvalue weighted by atomic mass is 16.3. The van der Waals surface area contributed by atoms with E-state index in [4.69, 9.17) is 23.3 Å². The first-order valence-corrected chi connectivity index (χ1v) is 12.1. The lowest BCUT2D eigenvalue weighted by Crippen LogP contribution is -2.32. The van der Waals surface area contributed by atoms with Crippen molar-refractivity contribution in [2.75, 3.05) is 5.73 Å². The van der Waals surface area contributed by atoms with Gasteiger partial charge in [0.05, 0.1) is 5.35 Å². The van der Waals surface area contributed by atoms with Crippen molar-refractivity contribution < 1.29 is 9.90 Å². The number of allylic oxidation sites excluding steroid dienone is 1. The Hall–Kier alpha value is -4.74. The summed E-state index contributed by atoms with van der Waals surface area (Å²) in [5.41, 5.74) is 16.9. The largest absolute Gasteiger partial charge is 0.398 e. The Bertz CT molecular complexity index is 1660. The molecule has 194 valence electrons. The van der Waals surface area contributed by atoms with Crippen LogP contribution in [0.1, 0.15) is 56.9 Å². The first-order valence-electron chi connectivity index (χ1n) is 12.1. The maximum Gasteiger partial charge on any atom is 0.269 e. The van der Waals surface area contributed by atoms with E-state index in [1.807, 2.05) is 32.0 Å². The van der Waals surface area contributed by atoms with Crippen LogP contribution in [0.4, 0.5) is 5.69 Å². The summed E-state index contributed by atoms with van der Waals surface area (Å²) in [6, 6.07) is 10.7. The van der Waals surface area contributed by atoms with Gasteiger partial charge < -0.3 is 27.0 Å². The van der Waals surface area contributed by atoms with Crippen LogP contribution < -0.4 is 22.0 Å². The third-order valence-corrected chi connectivity index (χ3v) is 6.38. The molecule has 1 unspecified atom stereocenters. The second-order valence-corrected chi connectivity index (χ2v) is 8.80. The summed E-state index contributed by atoms with van der Waals surface area (Å²) < 4.78 is 0. The van der Waals surface area contributed by atoms with E-state index in [9.17, 15) is 9.90 Å². The number of carbonyl (C=O) groups excluding carboxylic acids is 1. The van der Waals surface area contributed by atoms with Crippen molar-refractivity contribution in [3.63, 3.8) is 0 Å². The van der Waals surface area contributed by atoms with Crippen LogP contribution in [-0.4, -0.2) is 33.6 Å². The van der Waals surface area contributed by atoms with Crippen molar-refractivity contribution in [2.45, 2.75) is 40.2 Å². The van der Waals surface area contributed by atoms with Gasteiger partial charge in [0, 0.05) is 62.8 Å². The molecule has 0 spiro atoms. The number of amides is 1. The maximum atomic E-state index is 12.8. The molecule has 0 aliphatic carbocycles. The fourth-order valence-electron chi connectivity index (χ4n) is 4.29. The number of benzene rings is 2. The molecular formula is C30H32N6O2. The highest BCUT2D eigenvalue weighted by Crippen LogP contribution is 2.22. The Morgan fingerprint density at radius 1 is 1.24 bits per heavy atom. The van der Waals surface area contributed by atoms with E-state index in [1.54, 1.807) is 32.0 Å². The Labute approximate surface area is 221 Å². The summed E-state index contributed by atoms with van der Waals surface area (Å²) in [7, 11) is 0. The van der Waals surface area contributed by atoms with Crippen LogP contribution in [0.25, 0.3) is 22.2 Å². The number of terminal acetylenes is 1. The van der Waals surface area contributed by atoms with Crippen LogP contribution in [0, 0.1) is 17.8 Å². The Morgan fingerprint density at radius 3 is 2.58 bits per heavy atom. The van der Waals surface area contributed by atoms with E-state index < -0.39 is 12.0 Å². The smallest absolute Gasteiger partial charge is 0.269 e. The predicted molar refractivity (Wildman–Crippen MR) is 157 cm³/mol. The van der Waals surface area contributed by atoms with Crippen molar-refractivity contribution in [2.24, 2.45) is 15.7 Å². The molecule has 3 rings (SSSR count). The molecule has 3 aromatic rings. The molecule has 2 aromatic carbocycles. The van der Waals surface area contributed by atoms with Crippen molar-refractivity contribution in [1.82, 2.24) is 4.98 Å². The molecule has 1 aromatic heterocycles. The number of H-pyrrole nitrogens is 1. The highest BCUT2D eigenvalue weighted by molar-refractivity contribution is 6.17. The van der Waals surface area contributed by atoms with Gasteiger partial charge in [0.1, 0.15) is 6.10 Å². The molecule has 7 N–H and O–H groups in total. The standard InChI is InChI=1S/C30H32N6O2/c1-6-8-15-34-19(5)29(37)21-12-10-9-11-20(21)18(4)35-28(30(33)38)27-25(17(3)7-2)26-22(16-31)23(32)13-14-24(26)36-27/h1,8-16,29,31,36-37H,7,32H2,2-5H3,(H2,33,38)/b15-8-,25-17+,28-27+,31-16?,34-19?,35-18?. The third-order valence-electron chi connectivity index (χ3n) is 6.38. The average molecular weight is 509 g/mol. The summed E-state index contributed by atoms with van der Waals surface area (Å²) >= 11 is 0. The summed E-state index contributed by atoms with van der Waals surface area (Å²) in [5, 5.41) is 20.9. The van der Waals surface area contributed by atoms with Crippen molar-refractivity contribution in [3.05, 3.63) is 75.9 Å². The number of primary amides is 1. The van der Waals surface area contributed by atoms with Crippen LogP contribution in [0.5, 0.6) is 0 Å². The summed E-state index contributed by atoms with van der Waals surface area (Å²) in [6.07, 6.45) is 8.99. The Morgan fingerprint density at radius 2 is 1.95 bits per heavy atom. The van der Waals surface area contributed by atoms with Crippen molar-refractivity contribution >= 4 is 51.4 Å². The van der Waals surface area contributed by atoms with Gasteiger partial charge in [0.2, 0.25) is 0 Å². The maximum absolute atomic E-state index is 12.8. The fourth-order valence-corrected chi connectivity index (χ4v) is 4.29. The van der Waals surface area contributed by atoms with Crippen LogP contribution in [0.2, 0.25) is 0 Å². The molecule has 8 heteroatoms. The van der Waals surface area contributed by atoms with Crippen molar-refractivity contribution in [1.29, 1.82) is 5.41 Å². The number of rotatable bonds is 8. The minimum atomic E-state index is -1.02. The normalized spacial score (nSPS) is 14.8. The number of nitrogens with zero attached hydrogens (tertiary/aromatic N) is 2. The first kappa shape index (κ1) is 27.8. The lowest BCUT2D eigenvalue weighted by molar-refractivity contribution is -0.113. The zero-order chi connectivity index (χ0) is 28.0. The van der Waals surface area contributed by atoms with Crippen LogP contribution >= 0.6 is 0 Å². The van der Waals surface area contributed by atoms with Crippen molar-refractivity contribution in [3.8, 4) is 12.3 Å². The summed E-state index contributed by atoms with van der Waals surface area (Å²) in [6.45, 7) is 7.41. The monoisotopic (exact) mass is 508 g/mol. The molecule has 8 nitrogen and oxygen atoms in total. The van der Waals surface area contributed by atoms with Gasteiger partial charge in [-0.3, -0.25) is 9.79 Å². The molecule has 0 radical (unpaired) electrons. The number of aliphatic hydroxyl groups excluding tert-OH is 1. The zero-order valence-corrected chi connectivity index (χ0v) is 22.0. The molecule has 38 heavy (non-hydrogen) atoms. The third kappa shape index (κ3) is 5.48. The van der Waals surface area contributed by atoms with Crippen LogP contribution in [-0.2, 0) is 4.79 Å². The highest BCUT2D eigenvalue weighted by Gasteiger charge is 2.19. The molecule has 0 aliphatic heterocycles. The van der Waals surface area contributed by atoms with Gasteiger partial charge in [0.15, 0.2) is 5.70 Å². The predicted octanol–water partition coefficient (Wildman–Crippen LogP) is 3.07. The topological polar surface area (TPSA) is 154 Å². The quantitative estimate of drug-likeness (QED) is 0.180. The number of fused-ring (bicyclic) bond motifs is 1. The number of hydrogen-bond donors (Lipinski definition) is 5. The fraction of sp³-hybridized carbons (Fsp3) is 0.200. The second kappa shape index (κ2) is 12.0. The number of nitrogen functional groups attached to an aromatic ring is 1. The van der Waals surface area contributed by atoms with E-state index in [0.29, 0.717) is 51.1 Å². The molecule has 0 fully saturated rings. The number of nitrogens with two attached hydrogens (primary N) is 2. The zero-order valence-electron chi connectivity index (χ0n) is 22.0. The number of carbonyl (C=O) groups is 1. The minimum Gasteiger partial charge on any atom is -0.398 e. The second-order valence-electron chi connectivity index (χ2n) is 8.80. The molecule has 0 aliphatic rings. The Kier molecular flexibility index (Phi) is 8.79. The molecular weight excluding hydrogens is 476 g/mol. The number of anilines is 1. The number of aliphatic imine (C=N–C) groups is 2. The van der Waals surface area contributed by atoms with E-state index in [1.165, 1.54) is 18.5 Å². The van der Waals surface area contributed by atoms with Gasteiger partial charge in [-0.05, 0) is 44.9 Å².